The smallest absolute Gasteiger partial charge is 0.138 e. The molecule has 2 rings (SSSR count). The van der Waals surface area contributed by atoms with Gasteiger partial charge in [-0.1, -0.05) is 30.1 Å². The minimum Gasteiger partial charge on any atom is -0.339 e. The van der Waals surface area contributed by atoms with Crippen LogP contribution in [-0.4, -0.2) is 9.97 Å². The molecule has 0 unspecified atom stereocenters. The summed E-state index contributed by atoms with van der Waals surface area (Å²) in [4.78, 5) is 8.57. The quantitative estimate of drug-likeness (QED) is 0.860. The molecule has 2 aromatic rings. The Hall–Kier alpha value is -1.83. The minimum absolute atomic E-state index is 0.409. The summed E-state index contributed by atoms with van der Waals surface area (Å²) in [7, 11) is 0. The molecule has 0 fully saturated rings. The van der Waals surface area contributed by atoms with Crippen molar-refractivity contribution >= 4 is 34.7 Å². The summed E-state index contributed by atoms with van der Waals surface area (Å²) < 4.78 is 0. The molecule has 0 spiro atoms. The van der Waals surface area contributed by atoms with Gasteiger partial charge in [0.1, 0.15) is 16.8 Å². The van der Waals surface area contributed by atoms with Gasteiger partial charge < -0.3 is 5.32 Å². The predicted molar refractivity (Wildman–Crippen MR) is 80.6 cm³/mol. The van der Waals surface area contributed by atoms with Crippen LogP contribution in [0.5, 0.6) is 0 Å². The first kappa shape index (κ1) is 14.6. The maximum atomic E-state index is 8.93. The average Bonchev–Trinajstić information content (AvgIpc) is 2.45. The highest BCUT2D eigenvalue weighted by Crippen LogP contribution is 2.29. The van der Waals surface area contributed by atoms with Crippen LogP contribution in [-0.2, 0) is 6.42 Å². The van der Waals surface area contributed by atoms with E-state index < -0.39 is 0 Å². The Morgan fingerprint density at radius 2 is 2.05 bits per heavy atom. The number of halogens is 2. The van der Waals surface area contributed by atoms with Crippen molar-refractivity contribution in [1.82, 2.24) is 9.97 Å². The summed E-state index contributed by atoms with van der Waals surface area (Å²) in [6, 6.07) is 7.07. The number of hydrogen-bond donors (Lipinski definition) is 1. The molecule has 6 heteroatoms. The number of aromatic nitrogens is 2. The van der Waals surface area contributed by atoms with E-state index in [0.717, 1.165) is 5.56 Å². The molecule has 0 aliphatic rings. The summed E-state index contributed by atoms with van der Waals surface area (Å²) in [6.07, 6.45) is 0.681. The predicted octanol–water partition coefficient (Wildman–Crippen LogP) is 4.27. The zero-order valence-electron chi connectivity index (χ0n) is 11.0. The van der Waals surface area contributed by atoms with Crippen molar-refractivity contribution in [2.24, 2.45) is 0 Å². The fourth-order valence-corrected chi connectivity index (χ4v) is 1.98. The Morgan fingerprint density at radius 3 is 2.70 bits per heavy atom. The van der Waals surface area contributed by atoms with E-state index in [2.05, 4.69) is 21.4 Å². The van der Waals surface area contributed by atoms with Crippen molar-refractivity contribution in [3.05, 3.63) is 45.3 Å². The molecular formula is C14H12Cl2N4. The molecule has 0 aliphatic carbocycles. The second-order valence-electron chi connectivity index (χ2n) is 4.19. The zero-order valence-corrected chi connectivity index (χ0v) is 12.5. The summed E-state index contributed by atoms with van der Waals surface area (Å²) in [5, 5.41) is 13.0. The van der Waals surface area contributed by atoms with Crippen molar-refractivity contribution in [2.45, 2.75) is 20.3 Å². The number of aryl methyl sites for hydroxylation is 1. The van der Waals surface area contributed by atoms with Gasteiger partial charge in [0, 0.05) is 12.0 Å². The van der Waals surface area contributed by atoms with E-state index in [1.54, 1.807) is 18.2 Å². The van der Waals surface area contributed by atoms with Crippen LogP contribution < -0.4 is 5.32 Å². The number of nitriles is 1. The molecular weight excluding hydrogens is 295 g/mol. The zero-order chi connectivity index (χ0) is 14.7. The lowest BCUT2D eigenvalue weighted by Crippen LogP contribution is -2.03. The van der Waals surface area contributed by atoms with Gasteiger partial charge in [-0.2, -0.15) is 5.26 Å². The molecule has 0 saturated carbocycles. The number of nitrogens with zero attached hydrogens (tertiary/aromatic N) is 3. The normalized spacial score (nSPS) is 10.2. The number of hydrogen-bond acceptors (Lipinski definition) is 4. The van der Waals surface area contributed by atoms with E-state index in [0.29, 0.717) is 39.5 Å². The molecule has 0 saturated heterocycles. The standard InChI is InChI=1S/C14H12Cl2N4/c1-3-12-19-13(16)8(2)14(20-12)18-11-6-9(7-17)4-5-10(11)15/h4-6H,3H2,1-2H3,(H,18,19,20). The number of anilines is 2. The Kier molecular flexibility index (Phi) is 4.43. The Morgan fingerprint density at radius 1 is 1.30 bits per heavy atom. The fraction of sp³-hybridized carbons (Fsp3) is 0.214. The lowest BCUT2D eigenvalue weighted by Gasteiger charge is -2.12. The van der Waals surface area contributed by atoms with Crippen LogP contribution in [0.15, 0.2) is 18.2 Å². The third-order valence-corrected chi connectivity index (χ3v) is 3.50. The molecule has 4 nitrogen and oxygen atoms in total. The van der Waals surface area contributed by atoms with Gasteiger partial charge in [-0.05, 0) is 25.1 Å². The summed E-state index contributed by atoms with van der Waals surface area (Å²) in [5.74, 6) is 1.24. The van der Waals surface area contributed by atoms with E-state index in [9.17, 15) is 0 Å². The summed E-state index contributed by atoms with van der Waals surface area (Å²) >= 11 is 12.2. The van der Waals surface area contributed by atoms with E-state index in [4.69, 9.17) is 28.5 Å². The van der Waals surface area contributed by atoms with Crippen molar-refractivity contribution in [3.8, 4) is 6.07 Å². The van der Waals surface area contributed by atoms with E-state index in [-0.39, 0.29) is 0 Å². The maximum absolute atomic E-state index is 8.93. The summed E-state index contributed by atoms with van der Waals surface area (Å²) in [5.41, 5.74) is 1.87. The molecule has 0 radical (unpaired) electrons. The van der Waals surface area contributed by atoms with Gasteiger partial charge in [-0.15, -0.1) is 0 Å². The van der Waals surface area contributed by atoms with Gasteiger partial charge >= 0.3 is 0 Å². The molecule has 0 amide bonds. The van der Waals surface area contributed by atoms with Crippen LogP contribution in [0.3, 0.4) is 0 Å². The van der Waals surface area contributed by atoms with Crippen LogP contribution in [0.1, 0.15) is 23.9 Å². The van der Waals surface area contributed by atoms with Gasteiger partial charge in [0.25, 0.3) is 0 Å². The Balaban J connectivity index is 2.44. The maximum Gasteiger partial charge on any atom is 0.138 e. The lowest BCUT2D eigenvalue weighted by atomic mass is 10.2. The first-order valence-electron chi connectivity index (χ1n) is 6.04. The van der Waals surface area contributed by atoms with Gasteiger partial charge in [-0.3, -0.25) is 0 Å². The topological polar surface area (TPSA) is 61.6 Å². The first-order valence-corrected chi connectivity index (χ1v) is 6.80. The van der Waals surface area contributed by atoms with Crippen LogP contribution in [0, 0.1) is 18.3 Å². The lowest BCUT2D eigenvalue weighted by molar-refractivity contribution is 0.934. The Bertz CT molecular complexity index is 692. The van der Waals surface area contributed by atoms with Crippen molar-refractivity contribution in [2.75, 3.05) is 5.32 Å². The van der Waals surface area contributed by atoms with Crippen LogP contribution in [0.2, 0.25) is 10.2 Å². The third kappa shape index (κ3) is 3.01. The third-order valence-electron chi connectivity index (χ3n) is 2.80. The minimum atomic E-state index is 0.409. The monoisotopic (exact) mass is 306 g/mol. The molecule has 20 heavy (non-hydrogen) atoms. The van der Waals surface area contributed by atoms with Crippen LogP contribution >= 0.6 is 23.2 Å². The molecule has 0 bridgehead atoms. The highest BCUT2D eigenvalue weighted by atomic mass is 35.5. The van der Waals surface area contributed by atoms with Crippen molar-refractivity contribution < 1.29 is 0 Å². The highest BCUT2D eigenvalue weighted by Gasteiger charge is 2.10. The van der Waals surface area contributed by atoms with Crippen molar-refractivity contribution in [1.29, 1.82) is 5.26 Å². The van der Waals surface area contributed by atoms with Crippen molar-refractivity contribution in [3.63, 3.8) is 0 Å². The molecule has 0 atom stereocenters. The first-order chi connectivity index (χ1) is 9.55. The molecule has 1 aromatic heterocycles. The number of benzene rings is 1. The van der Waals surface area contributed by atoms with Gasteiger partial charge in [-0.25, -0.2) is 9.97 Å². The molecule has 102 valence electrons. The second kappa shape index (κ2) is 6.08. The summed E-state index contributed by atoms with van der Waals surface area (Å²) in [6.45, 7) is 3.78. The molecule has 0 aliphatic heterocycles. The largest absolute Gasteiger partial charge is 0.339 e. The van der Waals surface area contributed by atoms with E-state index >= 15 is 0 Å². The second-order valence-corrected chi connectivity index (χ2v) is 4.95. The van der Waals surface area contributed by atoms with E-state index in [1.165, 1.54) is 0 Å². The van der Waals surface area contributed by atoms with Gasteiger partial charge in [0.05, 0.1) is 22.3 Å². The SMILES string of the molecule is CCc1nc(Cl)c(C)c(Nc2cc(C#N)ccc2Cl)n1. The highest BCUT2D eigenvalue weighted by molar-refractivity contribution is 6.33. The fourth-order valence-electron chi connectivity index (χ4n) is 1.63. The van der Waals surface area contributed by atoms with Crippen LogP contribution in [0.25, 0.3) is 0 Å². The number of nitrogens with one attached hydrogen (secondary N) is 1. The average molecular weight is 307 g/mol. The van der Waals surface area contributed by atoms with E-state index in [1.807, 2.05) is 13.8 Å². The molecule has 1 heterocycles. The molecule has 1 N–H and O–H groups in total. The van der Waals surface area contributed by atoms with Gasteiger partial charge in [0.2, 0.25) is 0 Å². The Labute approximate surface area is 127 Å². The number of rotatable bonds is 3. The molecule has 1 aromatic carbocycles. The van der Waals surface area contributed by atoms with Crippen LogP contribution in [0.4, 0.5) is 11.5 Å². The van der Waals surface area contributed by atoms with Gasteiger partial charge in [0.15, 0.2) is 0 Å².